The van der Waals surface area contributed by atoms with Crippen molar-refractivity contribution in [1.82, 2.24) is 4.72 Å². The van der Waals surface area contributed by atoms with Crippen molar-refractivity contribution in [1.29, 1.82) is 0 Å². The summed E-state index contributed by atoms with van der Waals surface area (Å²) in [5.74, 6) is 0.527. The number of ether oxygens (including phenoxy) is 1. The van der Waals surface area contributed by atoms with Crippen LogP contribution in [0.4, 0.5) is 5.69 Å². The summed E-state index contributed by atoms with van der Waals surface area (Å²) in [4.78, 5) is 0. The Kier molecular flexibility index (Phi) is 5.67. The number of hydrogen-bond acceptors (Lipinski definition) is 4. The summed E-state index contributed by atoms with van der Waals surface area (Å²) in [7, 11) is -3.28. The Balaban J connectivity index is 2.32. The fourth-order valence-corrected chi connectivity index (χ4v) is 2.10. The predicted octanol–water partition coefficient (Wildman–Crippen LogP) is 1.14. The Hall–Kier alpha value is -1.53. The van der Waals surface area contributed by atoms with Crippen molar-refractivity contribution in [2.75, 3.05) is 24.6 Å². The lowest BCUT2D eigenvalue weighted by Gasteiger charge is -2.08. The van der Waals surface area contributed by atoms with E-state index < -0.39 is 10.0 Å². The van der Waals surface area contributed by atoms with E-state index in [0.29, 0.717) is 24.4 Å². The second-order valence-corrected chi connectivity index (χ2v) is 5.63. The zero-order chi connectivity index (χ0) is 13.4. The molecule has 1 rings (SSSR count). The van der Waals surface area contributed by atoms with Gasteiger partial charge >= 0.3 is 0 Å². The van der Waals surface area contributed by atoms with Crippen LogP contribution in [-0.4, -0.2) is 27.3 Å². The van der Waals surface area contributed by atoms with Gasteiger partial charge in [0.2, 0.25) is 10.0 Å². The molecule has 0 radical (unpaired) electrons. The highest BCUT2D eigenvalue weighted by Crippen LogP contribution is 2.12. The molecule has 0 aliphatic heterocycles. The largest absolute Gasteiger partial charge is 0.492 e. The van der Waals surface area contributed by atoms with E-state index in [2.05, 4.69) is 11.3 Å². The Morgan fingerprint density at radius 1 is 1.33 bits per heavy atom. The Labute approximate surface area is 108 Å². The topological polar surface area (TPSA) is 81.4 Å². The number of anilines is 1. The van der Waals surface area contributed by atoms with E-state index in [1.165, 1.54) is 0 Å². The fraction of sp³-hybridized carbons (Fsp3) is 0.333. The second-order valence-electron chi connectivity index (χ2n) is 3.71. The monoisotopic (exact) mass is 270 g/mol. The van der Waals surface area contributed by atoms with Crippen LogP contribution in [0.1, 0.15) is 6.42 Å². The standard InChI is InChI=1S/C12H18N2O3S/c1-2-3-8-14-18(15,16)10-9-17-12-6-4-11(13)5-7-12/h2,4-7,14H,1,3,8-10,13H2. The van der Waals surface area contributed by atoms with Crippen molar-refractivity contribution in [2.45, 2.75) is 6.42 Å². The Morgan fingerprint density at radius 2 is 2.00 bits per heavy atom. The van der Waals surface area contributed by atoms with Gasteiger partial charge in [-0.2, -0.15) is 0 Å². The molecule has 0 fully saturated rings. The maximum absolute atomic E-state index is 11.5. The highest BCUT2D eigenvalue weighted by atomic mass is 32.2. The number of rotatable bonds is 8. The predicted molar refractivity (Wildman–Crippen MR) is 73.0 cm³/mol. The van der Waals surface area contributed by atoms with Gasteiger partial charge in [-0.1, -0.05) is 6.08 Å². The van der Waals surface area contributed by atoms with Crippen LogP contribution in [-0.2, 0) is 10.0 Å². The lowest BCUT2D eigenvalue weighted by atomic mass is 10.3. The molecule has 0 heterocycles. The Morgan fingerprint density at radius 3 is 2.61 bits per heavy atom. The summed E-state index contributed by atoms with van der Waals surface area (Å²) in [6, 6.07) is 6.80. The summed E-state index contributed by atoms with van der Waals surface area (Å²) in [6.07, 6.45) is 2.27. The molecule has 3 N–H and O–H groups in total. The molecule has 6 heteroatoms. The third-order valence-electron chi connectivity index (χ3n) is 2.17. The molecule has 0 spiro atoms. The van der Waals surface area contributed by atoms with Gasteiger partial charge in [-0.25, -0.2) is 13.1 Å². The first-order valence-electron chi connectivity index (χ1n) is 5.60. The average molecular weight is 270 g/mol. The van der Waals surface area contributed by atoms with Gasteiger partial charge in [0.15, 0.2) is 0 Å². The van der Waals surface area contributed by atoms with Crippen LogP contribution >= 0.6 is 0 Å². The van der Waals surface area contributed by atoms with Gasteiger partial charge < -0.3 is 10.5 Å². The summed E-state index contributed by atoms with van der Waals surface area (Å²) < 4.78 is 30.8. The summed E-state index contributed by atoms with van der Waals surface area (Å²) in [5, 5.41) is 0. The van der Waals surface area contributed by atoms with Gasteiger partial charge in [-0.15, -0.1) is 6.58 Å². The highest BCUT2D eigenvalue weighted by Gasteiger charge is 2.09. The minimum absolute atomic E-state index is 0.0749. The van der Waals surface area contributed by atoms with Crippen molar-refractivity contribution in [2.24, 2.45) is 0 Å². The van der Waals surface area contributed by atoms with Gasteiger partial charge in [0.05, 0.1) is 5.75 Å². The van der Waals surface area contributed by atoms with Crippen LogP contribution in [0.15, 0.2) is 36.9 Å². The molecule has 100 valence electrons. The first-order chi connectivity index (χ1) is 8.53. The molecular weight excluding hydrogens is 252 g/mol. The molecule has 1 aromatic rings. The zero-order valence-corrected chi connectivity index (χ0v) is 10.9. The molecule has 0 aliphatic carbocycles. The molecule has 0 aliphatic rings. The molecule has 5 nitrogen and oxygen atoms in total. The molecule has 0 atom stereocenters. The average Bonchev–Trinajstić information content (AvgIpc) is 2.32. The van der Waals surface area contributed by atoms with Crippen LogP contribution in [0, 0.1) is 0 Å². The first-order valence-corrected chi connectivity index (χ1v) is 7.25. The quantitative estimate of drug-likeness (QED) is 0.422. The molecule has 0 amide bonds. The van der Waals surface area contributed by atoms with Gasteiger partial charge in [-0.3, -0.25) is 0 Å². The maximum Gasteiger partial charge on any atom is 0.214 e. The van der Waals surface area contributed by atoms with Crippen LogP contribution in [0.25, 0.3) is 0 Å². The minimum atomic E-state index is -3.28. The zero-order valence-electron chi connectivity index (χ0n) is 10.1. The fourth-order valence-electron chi connectivity index (χ4n) is 1.22. The number of nitrogens with one attached hydrogen (secondary N) is 1. The summed E-state index contributed by atoms with van der Waals surface area (Å²) in [5.41, 5.74) is 6.16. The smallest absolute Gasteiger partial charge is 0.214 e. The van der Waals surface area contributed by atoms with Gasteiger partial charge in [-0.05, 0) is 30.7 Å². The number of hydrogen-bond donors (Lipinski definition) is 2. The lowest BCUT2D eigenvalue weighted by Crippen LogP contribution is -2.29. The van der Waals surface area contributed by atoms with Crippen molar-refractivity contribution in [3.8, 4) is 5.75 Å². The van der Waals surface area contributed by atoms with Crippen molar-refractivity contribution in [3.05, 3.63) is 36.9 Å². The second kappa shape index (κ2) is 7.03. The Bertz CT molecular complexity index is 469. The van der Waals surface area contributed by atoms with Crippen LogP contribution in [0.3, 0.4) is 0 Å². The molecule has 0 aromatic heterocycles. The number of nitrogen functional groups attached to an aromatic ring is 1. The molecule has 0 bridgehead atoms. The maximum atomic E-state index is 11.5. The van der Waals surface area contributed by atoms with Crippen LogP contribution < -0.4 is 15.2 Å². The van der Waals surface area contributed by atoms with Crippen molar-refractivity contribution < 1.29 is 13.2 Å². The third-order valence-corrected chi connectivity index (χ3v) is 3.52. The van der Waals surface area contributed by atoms with E-state index in [1.54, 1.807) is 30.3 Å². The minimum Gasteiger partial charge on any atom is -0.492 e. The molecular formula is C12H18N2O3S. The number of benzene rings is 1. The molecule has 0 saturated carbocycles. The normalized spacial score (nSPS) is 11.1. The molecule has 1 aromatic carbocycles. The summed E-state index contributed by atoms with van der Waals surface area (Å²) >= 11 is 0. The molecule has 18 heavy (non-hydrogen) atoms. The number of sulfonamides is 1. The van der Waals surface area contributed by atoms with E-state index in [9.17, 15) is 8.42 Å². The summed E-state index contributed by atoms with van der Waals surface area (Å²) in [6.45, 7) is 3.99. The van der Waals surface area contributed by atoms with E-state index >= 15 is 0 Å². The van der Waals surface area contributed by atoms with Gasteiger partial charge in [0, 0.05) is 12.2 Å². The first kappa shape index (κ1) is 14.5. The molecule has 0 saturated heterocycles. The van der Waals surface area contributed by atoms with Crippen LogP contribution in [0.2, 0.25) is 0 Å². The van der Waals surface area contributed by atoms with Crippen molar-refractivity contribution >= 4 is 15.7 Å². The van der Waals surface area contributed by atoms with Gasteiger partial charge in [0.25, 0.3) is 0 Å². The molecule has 0 unspecified atom stereocenters. The van der Waals surface area contributed by atoms with Gasteiger partial charge in [0.1, 0.15) is 12.4 Å². The van der Waals surface area contributed by atoms with E-state index in [1.807, 2.05) is 0 Å². The van der Waals surface area contributed by atoms with E-state index in [4.69, 9.17) is 10.5 Å². The van der Waals surface area contributed by atoms with E-state index in [0.717, 1.165) is 0 Å². The number of nitrogens with two attached hydrogens (primary N) is 1. The SMILES string of the molecule is C=CCCNS(=O)(=O)CCOc1ccc(N)cc1. The third kappa shape index (κ3) is 5.70. The highest BCUT2D eigenvalue weighted by molar-refractivity contribution is 7.89. The van der Waals surface area contributed by atoms with Crippen LogP contribution in [0.5, 0.6) is 5.75 Å². The van der Waals surface area contributed by atoms with E-state index in [-0.39, 0.29) is 12.4 Å². The van der Waals surface area contributed by atoms with Crippen molar-refractivity contribution in [3.63, 3.8) is 0 Å². The lowest BCUT2D eigenvalue weighted by molar-refractivity contribution is 0.340.